The van der Waals surface area contributed by atoms with Crippen LogP contribution in [0.5, 0.6) is 0 Å². The summed E-state index contributed by atoms with van der Waals surface area (Å²) in [5.74, 6) is 0.933. The number of rotatable bonds is 7. The first-order chi connectivity index (χ1) is 8.33. The predicted molar refractivity (Wildman–Crippen MR) is 70.8 cm³/mol. The van der Waals surface area contributed by atoms with Crippen molar-refractivity contribution in [3.8, 4) is 0 Å². The van der Waals surface area contributed by atoms with Crippen molar-refractivity contribution in [1.82, 2.24) is 5.32 Å². The van der Waals surface area contributed by atoms with E-state index < -0.39 is 0 Å². The third-order valence-corrected chi connectivity index (χ3v) is 3.50. The van der Waals surface area contributed by atoms with Crippen molar-refractivity contribution < 1.29 is 4.74 Å². The molecule has 1 unspecified atom stereocenters. The summed E-state index contributed by atoms with van der Waals surface area (Å²) in [5, 5.41) is 3.68. The van der Waals surface area contributed by atoms with Gasteiger partial charge in [0.05, 0.1) is 6.61 Å². The first-order valence-electron chi connectivity index (χ1n) is 6.63. The summed E-state index contributed by atoms with van der Waals surface area (Å²) in [5.41, 5.74) is 2.62. The van der Waals surface area contributed by atoms with Crippen LogP contribution in [-0.2, 0) is 17.9 Å². The maximum atomic E-state index is 5.16. The molecule has 94 valence electrons. The second-order valence-electron chi connectivity index (χ2n) is 4.99. The van der Waals surface area contributed by atoms with Gasteiger partial charge in [-0.1, -0.05) is 31.2 Å². The lowest BCUT2D eigenvalue weighted by molar-refractivity contribution is 0.185. The second kappa shape index (κ2) is 6.18. The third-order valence-electron chi connectivity index (χ3n) is 3.50. The largest absolute Gasteiger partial charge is 0.380 e. The number of benzene rings is 1. The van der Waals surface area contributed by atoms with Crippen molar-refractivity contribution in [2.45, 2.75) is 45.4 Å². The zero-order valence-corrected chi connectivity index (χ0v) is 10.9. The molecule has 2 rings (SSSR count). The fraction of sp³-hybridized carbons (Fsp3) is 0.600. The Morgan fingerprint density at radius 2 is 2.12 bits per heavy atom. The van der Waals surface area contributed by atoms with E-state index in [9.17, 15) is 0 Å². The minimum Gasteiger partial charge on any atom is -0.380 e. The summed E-state index contributed by atoms with van der Waals surface area (Å²) in [6.45, 7) is 3.96. The van der Waals surface area contributed by atoms with Crippen molar-refractivity contribution in [3.63, 3.8) is 0 Å². The Hall–Kier alpha value is -0.860. The molecule has 17 heavy (non-hydrogen) atoms. The van der Waals surface area contributed by atoms with Crippen LogP contribution in [0.15, 0.2) is 24.3 Å². The van der Waals surface area contributed by atoms with Crippen LogP contribution in [-0.4, -0.2) is 13.2 Å². The molecule has 1 fully saturated rings. The smallest absolute Gasteiger partial charge is 0.0713 e. The van der Waals surface area contributed by atoms with Gasteiger partial charge in [0.25, 0.3) is 0 Å². The highest BCUT2D eigenvalue weighted by Crippen LogP contribution is 2.33. The molecule has 0 aromatic heterocycles. The zero-order valence-electron chi connectivity index (χ0n) is 10.9. The fourth-order valence-corrected chi connectivity index (χ4v) is 2.39. The Balaban J connectivity index is 1.86. The topological polar surface area (TPSA) is 21.3 Å². The van der Waals surface area contributed by atoms with E-state index in [1.807, 2.05) is 0 Å². The number of hydrogen-bond donors (Lipinski definition) is 1. The molecule has 0 saturated heterocycles. The van der Waals surface area contributed by atoms with E-state index in [1.165, 1.54) is 30.4 Å². The summed E-state index contributed by atoms with van der Waals surface area (Å²) >= 11 is 0. The SMILES string of the molecule is CCC(NCc1cccc(COC)c1)C1CC1. The van der Waals surface area contributed by atoms with Gasteiger partial charge in [-0.3, -0.25) is 0 Å². The van der Waals surface area contributed by atoms with Gasteiger partial charge in [-0.15, -0.1) is 0 Å². The van der Waals surface area contributed by atoms with Crippen LogP contribution < -0.4 is 5.32 Å². The lowest BCUT2D eigenvalue weighted by Gasteiger charge is -2.16. The minimum absolute atomic E-state index is 0.702. The molecule has 2 nitrogen and oxygen atoms in total. The van der Waals surface area contributed by atoms with Crippen LogP contribution in [0.2, 0.25) is 0 Å². The van der Waals surface area contributed by atoms with Crippen LogP contribution >= 0.6 is 0 Å². The van der Waals surface area contributed by atoms with E-state index in [4.69, 9.17) is 4.74 Å². The first kappa shape index (κ1) is 12.6. The zero-order chi connectivity index (χ0) is 12.1. The monoisotopic (exact) mass is 233 g/mol. The van der Waals surface area contributed by atoms with Crippen molar-refractivity contribution in [1.29, 1.82) is 0 Å². The van der Waals surface area contributed by atoms with E-state index >= 15 is 0 Å². The highest BCUT2D eigenvalue weighted by molar-refractivity contribution is 5.23. The van der Waals surface area contributed by atoms with Crippen molar-refractivity contribution in [2.75, 3.05) is 7.11 Å². The van der Waals surface area contributed by atoms with Gasteiger partial charge in [-0.25, -0.2) is 0 Å². The van der Waals surface area contributed by atoms with Crippen molar-refractivity contribution in [3.05, 3.63) is 35.4 Å². The number of hydrogen-bond acceptors (Lipinski definition) is 2. The highest BCUT2D eigenvalue weighted by Gasteiger charge is 2.29. The van der Waals surface area contributed by atoms with Crippen LogP contribution in [0.3, 0.4) is 0 Å². The second-order valence-corrected chi connectivity index (χ2v) is 4.99. The third kappa shape index (κ3) is 3.83. The van der Waals surface area contributed by atoms with Crippen molar-refractivity contribution >= 4 is 0 Å². The molecule has 0 aliphatic heterocycles. The minimum atomic E-state index is 0.702. The Morgan fingerprint density at radius 3 is 2.76 bits per heavy atom. The molecular formula is C15H23NO. The normalized spacial score (nSPS) is 17.1. The summed E-state index contributed by atoms with van der Waals surface area (Å²) in [4.78, 5) is 0. The van der Waals surface area contributed by atoms with E-state index in [2.05, 4.69) is 36.5 Å². The lowest BCUT2D eigenvalue weighted by atomic mass is 10.1. The molecule has 0 bridgehead atoms. The summed E-state index contributed by atoms with van der Waals surface area (Å²) in [7, 11) is 1.74. The van der Waals surface area contributed by atoms with Gasteiger partial charge in [-0.05, 0) is 36.3 Å². The standard InChI is InChI=1S/C15H23NO/c1-3-15(14-7-8-14)16-10-12-5-4-6-13(9-12)11-17-2/h4-6,9,14-16H,3,7-8,10-11H2,1-2H3. The molecule has 1 saturated carbocycles. The van der Waals surface area contributed by atoms with Gasteiger partial charge < -0.3 is 10.1 Å². The molecule has 1 atom stereocenters. The number of ether oxygens (including phenoxy) is 1. The Bertz CT molecular complexity index is 347. The van der Waals surface area contributed by atoms with E-state index in [0.717, 1.165) is 12.5 Å². The lowest BCUT2D eigenvalue weighted by Crippen LogP contribution is -2.29. The van der Waals surface area contributed by atoms with Gasteiger partial charge in [0.1, 0.15) is 0 Å². The summed E-state index contributed by atoms with van der Waals surface area (Å²) in [6.07, 6.45) is 4.06. The number of methoxy groups -OCH3 is 1. The predicted octanol–water partition coefficient (Wildman–Crippen LogP) is 3.11. The Morgan fingerprint density at radius 1 is 1.35 bits per heavy atom. The quantitative estimate of drug-likeness (QED) is 0.781. The maximum Gasteiger partial charge on any atom is 0.0713 e. The molecule has 2 heteroatoms. The molecule has 0 radical (unpaired) electrons. The van der Waals surface area contributed by atoms with Gasteiger partial charge in [0.2, 0.25) is 0 Å². The molecule has 0 heterocycles. The fourth-order valence-electron chi connectivity index (χ4n) is 2.39. The summed E-state index contributed by atoms with van der Waals surface area (Å²) in [6, 6.07) is 9.36. The molecule has 0 amide bonds. The van der Waals surface area contributed by atoms with Crippen molar-refractivity contribution in [2.24, 2.45) is 5.92 Å². The number of nitrogens with one attached hydrogen (secondary N) is 1. The molecule has 1 N–H and O–H groups in total. The average molecular weight is 233 g/mol. The van der Waals surface area contributed by atoms with Crippen LogP contribution in [0.25, 0.3) is 0 Å². The van der Waals surface area contributed by atoms with Gasteiger partial charge >= 0.3 is 0 Å². The molecule has 0 spiro atoms. The molecular weight excluding hydrogens is 210 g/mol. The van der Waals surface area contributed by atoms with E-state index in [0.29, 0.717) is 12.6 Å². The van der Waals surface area contributed by atoms with E-state index in [1.54, 1.807) is 7.11 Å². The summed E-state index contributed by atoms with van der Waals surface area (Å²) < 4.78 is 5.16. The Kier molecular flexibility index (Phi) is 4.57. The van der Waals surface area contributed by atoms with Crippen LogP contribution in [0.1, 0.15) is 37.3 Å². The van der Waals surface area contributed by atoms with Gasteiger partial charge in [-0.2, -0.15) is 0 Å². The average Bonchev–Trinajstić information content (AvgIpc) is 3.15. The van der Waals surface area contributed by atoms with E-state index in [-0.39, 0.29) is 0 Å². The molecule has 1 aliphatic rings. The maximum absolute atomic E-state index is 5.16. The molecule has 1 aromatic rings. The molecule has 1 aliphatic carbocycles. The van der Waals surface area contributed by atoms with Crippen LogP contribution in [0, 0.1) is 5.92 Å². The van der Waals surface area contributed by atoms with Gasteiger partial charge in [0, 0.05) is 19.7 Å². The molecule has 1 aromatic carbocycles. The first-order valence-corrected chi connectivity index (χ1v) is 6.63. The Labute approximate surface area is 104 Å². The van der Waals surface area contributed by atoms with Gasteiger partial charge in [0.15, 0.2) is 0 Å². The highest BCUT2D eigenvalue weighted by atomic mass is 16.5. The van der Waals surface area contributed by atoms with Crippen LogP contribution in [0.4, 0.5) is 0 Å².